The topological polar surface area (TPSA) is 93.1 Å². The Morgan fingerprint density at radius 3 is 2.20 bits per heavy atom. The molecule has 4 saturated carbocycles. The van der Waals surface area contributed by atoms with Gasteiger partial charge in [0, 0.05) is 18.9 Å². The molecule has 2 N–H and O–H groups in total. The number of carbonyl (C=O) groups excluding carboxylic acids is 2. The van der Waals surface area contributed by atoms with E-state index in [1.165, 1.54) is 23.9 Å². The van der Waals surface area contributed by atoms with Crippen molar-refractivity contribution < 1.29 is 9.59 Å². The molecule has 6 rings (SSSR count). The molecule has 4 bridgehead atoms. The summed E-state index contributed by atoms with van der Waals surface area (Å²) in [5.41, 5.74) is 5.62. The van der Waals surface area contributed by atoms with Gasteiger partial charge >= 0.3 is 0 Å². The van der Waals surface area contributed by atoms with E-state index in [1.807, 2.05) is 6.07 Å². The molecule has 2 aromatic rings. The molecule has 4 aliphatic rings. The summed E-state index contributed by atoms with van der Waals surface area (Å²) in [6, 6.07) is 7.13. The molecule has 2 amide bonds. The van der Waals surface area contributed by atoms with Crippen LogP contribution >= 0.6 is 0 Å². The number of aryl methyl sites for hydroxylation is 1. The number of hydrogen-bond donors (Lipinski definition) is 2. The highest BCUT2D eigenvalue weighted by Gasteiger charge is 2.51. The average molecular weight is 409 g/mol. The van der Waals surface area contributed by atoms with E-state index in [0.29, 0.717) is 22.9 Å². The van der Waals surface area contributed by atoms with E-state index in [-0.39, 0.29) is 29.2 Å². The summed E-state index contributed by atoms with van der Waals surface area (Å²) >= 11 is 0. The van der Waals surface area contributed by atoms with Gasteiger partial charge in [-0.05, 0) is 67.8 Å². The first-order valence-electron chi connectivity index (χ1n) is 10.9. The van der Waals surface area contributed by atoms with Gasteiger partial charge in [0.2, 0.25) is 11.8 Å². The minimum atomic E-state index is -0.342. The van der Waals surface area contributed by atoms with Crippen LogP contribution in [-0.4, -0.2) is 21.6 Å². The third-order valence-electron chi connectivity index (χ3n) is 7.40. The summed E-state index contributed by atoms with van der Waals surface area (Å²) in [5, 5.41) is 5.44. The molecule has 4 fully saturated rings. The molecule has 4 aliphatic carbocycles. The Morgan fingerprint density at radius 2 is 1.57 bits per heavy atom. The van der Waals surface area contributed by atoms with Gasteiger partial charge < -0.3 is 0 Å². The number of hydrazine groups is 1. The van der Waals surface area contributed by atoms with E-state index < -0.39 is 0 Å². The molecule has 0 spiro atoms. The lowest BCUT2D eigenvalue weighted by Crippen LogP contribution is -2.50. The standard InChI is InChI=1S/C23H28N4O3/c1-27-22(30)18-5-3-2-4-17(18)19(26-27)9-20(28)24-25-21(29)13-23-10-14-6-15(11-23)8-16(7-14)12-23/h2-5,14-16H,6-13H2,1H3,(H,24,28)(H,25,29). The first-order valence-corrected chi connectivity index (χ1v) is 10.9. The smallest absolute Gasteiger partial charge is 0.273 e. The monoisotopic (exact) mass is 408 g/mol. The van der Waals surface area contributed by atoms with Crippen LogP contribution in [0.15, 0.2) is 29.1 Å². The highest BCUT2D eigenvalue weighted by atomic mass is 16.2. The minimum Gasteiger partial charge on any atom is -0.273 e. The first kappa shape index (κ1) is 19.3. The zero-order valence-corrected chi connectivity index (χ0v) is 17.3. The third kappa shape index (κ3) is 3.50. The number of nitrogens with zero attached hydrogens (tertiary/aromatic N) is 2. The van der Waals surface area contributed by atoms with Crippen LogP contribution in [0.4, 0.5) is 0 Å². The Labute approximate surface area is 175 Å². The normalized spacial score (nSPS) is 29.2. The van der Waals surface area contributed by atoms with Crippen molar-refractivity contribution in [2.24, 2.45) is 30.2 Å². The lowest BCUT2D eigenvalue weighted by molar-refractivity contribution is -0.134. The third-order valence-corrected chi connectivity index (χ3v) is 7.40. The maximum absolute atomic E-state index is 12.6. The molecule has 0 radical (unpaired) electrons. The lowest BCUT2D eigenvalue weighted by Gasteiger charge is -2.56. The first-order chi connectivity index (χ1) is 14.4. The molecule has 30 heavy (non-hydrogen) atoms. The molecule has 0 saturated heterocycles. The van der Waals surface area contributed by atoms with Crippen LogP contribution in [0, 0.1) is 23.2 Å². The van der Waals surface area contributed by atoms with Crippen LogP contribution in [0.3, 0.4) is 0 Å². The fourth-order valence-electron chi connectivity index (χ4n) is 6.73. The van der Waals surface area contributed by atoms with Crippen molar-refractivity contribution >= 4 is 22.6 Å². The van der Waals surface area contributed by atoms with Gasteiger partial charge in [0.05, 0.1) is 17.5 Å². The molecular formula is C23H28N4O3. The molecule has 7 nitrogen and oxygen atoms in total. The van der Waals surface area contributed by atoms with Crippen LogP contribution in [0.25, 0.3) is 10.8 Å². The molecular weight excluding hydrogens is 380 g/mol. The largest absolute Gasteiger partial charge is 0.274 e. The van der Waals surface area contributed by atoms with E-state index in [0.717, 1.165) is 37.0 Å². The van der Waals surface area contributed by atoms with Crippen molar-refractivity contribution in [3.05, 3.63) is 40.3 Å². The van der Waals surface area contributed by atoms with Gasteiger partial charge in [0.15, 0.2) is 0 Å². The van der Waals surface area contributed by atoms with Gasteiger partial charge in [-0.2, -0.15) is 5.10 Å². The van der Waals surface area contributed by atoms with Crippen molar-refractivity contribution in [2.45, 2.75) is 51.4 Å². The molecule has 0 aliphatic heterocycles. The van der Waals surface area contributed by atoms with Crippen LogP contribution in [0.1, 0.15) is 50.6 Å². The van der Waals surface area contributed by atoms with E-state index >= 15 is 0 Å². The van der Waals surface area contributed by atoms with Crippen molar-refractivity contribution in [3.63, 3.8) is 0 Å². The molecule has 0 unspecified atom stereocenters. The van der Waals surface area contributed by atoms with Crippen LogP contribution < -0.4 is 16.4 Å². The number of benzene rings is 1. The molecule has 158 valence electrons. The fraction of sp³-hybridized carbons (Fsp3) is 0.565. The molecule has 7 heteroatoms. The number of amides is 2. The number of aromatic nitrogens is 2. The van der Waals surface area contributed by atoms with Gasteiger partial charge in [-0.15, -0.1) is 0 Å². The molecule has 1 heterocycles. The number of carbonyl (C=O) groups is 2. The zero-order chi connectivity index (χ0) is 20.9. The van der Waals surface area contributed by atoms with E-state index in [1.54, 1.807) is 25.2 Å². The molecule has 1 aromatic heterocycles. The fourth-order valence-corrected chi connectivity index (χ4v) is 6.73. The van der Waals surface area contributed by atoms with Crippen LogP contribution in [0.5, 0.6) is 0 Å². The summed E-state index contributed by atoms with van der Waals surface area (Å²) in [5.74, 6) is 1.93. The SMILES string of the molecule is Cn1nc(CC(=O)NNC(=O)CC23CC4CC(CC(C4)C2)C3)c2ccccc2c1=O. The molecule has 1 aromatic carbocycles. The predicted octanol–water partition coefficient (Wildman–Crippen LogP) is 2.23. The lowest BCUT2D eigenvalue weighted by atomic mass is 9.49. The summed E-state index contributed by atoms with van der Waals surface area (Å²) in [4.78, 5) is 37.3. The highest BCUT2D eigenvalue weighted by Crippen LogP contribution is 2.61. The number of rotatable bonds is 4. The van der Waals surface area contributed by atoms with Gasteiger partial charge in [0.25, 0.3) is 5.56 Å². The minimum absolute atomic E-state index is 0.00766. The number of fused-ring (bicyclic) bond motifs is 1. The predicted molar refractivity (Wildman–Crippen MR) is 112 cm³/mol. The second-order valence-electron chi connectivity index (χ2n) is 9.79. The van der Waals surface area contributed by atoms with E-state index in [4.69, 9.17) is 0 Å². The van der Waals surface area contributed by atoms with Gasteiger partial charge in [0.1, 0.15) is 0 Å². The quantitative estimate of drug-likeness (QED) is 0.759. The van der Waals surface area contributed by atoms with Crippen molar-refractivity contribution in [1.82, 2.24) is 20.6 Å². The summed E-state index contributed by atoms with van der Waals surface area (Å²) in [6.07, 6.45) is 8.01. The van der Waals surface area contributed by atoms with Gasteiger partial charge in [-0.1, -0.05) is 18.2 Å². The number of hydrogen-bond acceptors (Lipinski definition) is 4. The number of nitrogens with one attached hydrogen (secondary N) is 2. The Kier molecular flexibility index (Phi) is 4.64. The Bertz CT molecular complexity index is 1040. The Morgan fingerprint density at radius 1 is 1.00 bits per heavy atom. The van der Waals surface area contributed by atoms with Crippen molar-refractivity contribution in [2.75, 3.05) is 0 Å². The van der Waals surface area contributed by atoms with Crippen LogP contribution in [0.2, 0.25) is 0 Å². The average Bonchev–Trinajstić information content (AvgIpc) is 2.69. The maximum atomic E-state index is 12.6. The van der Waals surface area contributed by atoms with Crippen LogP contribution in [-0.2, 0) is 23.1 Å². The van der Waals surface area contributed by atoms with Gasteiger partial charge in [-0.25, -0.2) is 4.68 Å². The zero-order valence-electron chi connectivity index (χ0n) is 17.3. The van der Waals surface area contributed by atoms with E-state index in [9.17, 15) is 14.4 Å². The van der Waals surface area contributed by atoms with E-state index in [2.05, 4.69) is 16.0 Å². The van der Waals surface area contributed by atoms with Crippen molar-refractivity contribution in [3.8, 4) is 0 Å². The Balaban J connectivity index is 1.21. The van der Waals surface area contributed by atoms with Crippen molar-refractivity contribution in [1.29, 1.82) is 0 Å². The summed E-state index contributed by atoms with van der Waals surface area (Å²) in [7, 11) is 1.57. The molecule has 0 atom stereocenters. The summed E-state index contributed by atoms with van der Waals surface area (Å²) in [6.45, 7) is 0. The maximum Gasteiger partial charge on any atom is 0.274 e. The highest BCUT2D eigenvalue weighted by molar-refractivity contribution is 5.89. The van der Waals surface area contributed by atoms with Gasteiger partial charge in [-0.3, -0.25) is 25.2 Å². The Hall–Kier alpha value is -2.70. The second kappa shape index (κ2) is 7.22. The second-order valence-corrected chi connectivity index (χ2v) is 9.79. The summed E-state index contributed by atoms with van der Waals surface area (Å²) < 4.78 is 1.25.